The van der Waals surface area contributed by atoms with Gasteiger partial charge in [0.05, 0.1) is 24.8 Å². The number of aliphatic hydroxyl groups excluding tert-OH is 2. The van der Waals surface area contributed by atoms with Gasteiger partial charge in [0.1, 0.15) is 23.4 Å². The molecule has 3 unspecified atom stereocenters. The molecule has 3 atom stereocenters. The molecule has 0 saturated carbocycles. The van der Waals surface area contributed by atoms with E-state index in [0.717, 1.165) is 39.6 Å². The molecular weight excluding hydrogens is 554 g/mol. The third-order valence-corrected chi connectivity index (χ3v) is 7.92. The molecular formula is C25H28F2N4O6S2. The number of carbonyl (C=O) groups excluding carboxylic acids is 2. The highest BCUT2D eigenvalue weighted by molar-refractivity contribution is 7.92. The zero-order valence-corrected chi connectivity index (χ0v) is 22.7. The van der Waals surface area contributed by atoms with Gasteiger partial charge < -0.3 is 20.8 Å². The first-order valence-electron chi connectivity index (χ1n) is 11.7. The Morgan fingerprint density at radius 1 is 1.08 bits per heavy atom. The quantitative estimate of drug-likeness (QED) is 0.253. The van der Waals surface area contributed by atoms with Gasteiger partial charge in [-0.2, -0.15) is 0 Å². The Kier molecular flexibility index (Phi) is 10.1. The van der Waals surface area contributed by atoms with Gasteiger partial charge >= 0.3 is 0 Å². The van der Waals surface area contributed by atoms with E-state index in [1.807, 2.05) is 6.07 Å². The lowest BCUT2D eigenvalue weighted by molar-refractivity contribution is -0.125. The van der Waals surface area contributed by atoms with Crippen LogP contribution in [-0.4, -0.2) is 67.0 Å². The molecule has 210 valence electrons. The fourth-order valence-electron chi connectivity index (χ4n) is 3.58. The Balaban J connectivity index is 1.75. The molecule has 0 aliphatic rings. The van der Waals surface area contributed by atoms with Gasteiger partial charge in [0.2, 0.25) is 15.9 Å². The van der Waals surface area contributed by atoms with Gasteiger partial charge in [0.25, 0.3) is 5.91 Å². The van der Waals surface area contributed by atoms with Crippen LogP contribution in [0.3, 0.4) is 0 Å². The number of anilines is 1. The number of sulfonamides is 1. The van der Waals surface area contributed by atoms with Crippen molar-refractivity contribution in [1.29, 1.82) is 0 Å². The van der Waals surface area contributed by atoms with E-state index in [9.17, 15) is 37.0 Å². The van der Waals surface area contributed by atoms with Crippen molar-refractivity contribution < 1.29 is 37.0 Å². The van der Waals surface area contributed by atoms with Crippen LogP contribution < -0.4 is 14.9 Å². The van der Waals surface area contributed by atoms with Crippen LogP contribution in [0.4, 0.5) is 13.9 Å². The standard InChI is InChI=1S/C25H28F2N4O6S2/c1-31(39(2,36)37)25-30-20(14-38-25)24(35)29-19(10-16-8-17(26)11-18(27)9-16)23(34)21(32)12-22(33)28-13-15-6-4-3-5-7-15/h3-9,11,14,19,21,23,32,34H,10,12-13H2,1-2H3,(H,28,33)(H,29,35). The Morgan fingerprint density at radius 3 is 2.33 bits per heavy atom. The molecule has 2 amide bonds. The number of nitrogens with zero attached hydrogens (tertiary/aromatic N) is 2. The maximum absolute atomic E-state index is 13.8. The van der Waals surface area contributed by atoms with Crippen LogP contribution in [-0.2, 0) is 27.8 Å². The van der Waals surface area contributed by atoms with Crippen LogP contribution in [0, 0.1) is 11.6 Å². The molecule has 4 N–H and O–H groups in total. The smallest absolute Gasteiger partial charge is 0.271 e. The molecule has 14 heteroatoms. The van der Waals surface area contributed by atoms with Crippen LogP contribution in [0.25, 0.3) is 0 Å². The van der Waals surface area contributed by atoms with Gasteiger partial charge in [-0.3, -0.25) is 9.59 Å². The number of hydrogen-bond acceptors (Lipinski definition) is 8. The summed E-state index contributed by atoms with van der Waals surface area (Å²) in [5.41, 5.74) is 0.722. The van der Waals surface area contributed by atoms with Crippen molar-refractivity contribution in [2.75, 3.05) is 17.6 Å². The lowest BCUT2D eigenvalue weighted by atomic mass is 9.95. The van der Waals surface area contributed by atoms with Crippen LogP contribution >= 0.6 is 11.3 Å². The average molecular weight is 583 g/mol. The number of thiazole rings is 1. The van der Waals surface area contributed by atoms with Gasteiger partial charge in [0.15, 0.2) is 5.13 Å². The van der Waals surface area contributed by atoms with E-state index < -0.39 is 58.1 Å². The number of aromatic nitrogens is 1. The number of amides is 2. The normalized spacial score (nSPS) is 13.8. The molecule has 0 bridgehead atoms. The molecule has 0 saturated heterocycles. The first-order chi connectivity index (χ1) is 18.3. The minimum atomic E-state index is -3.63. The number of carbonyl (C=O) groups is 2. The largest absolute Gasteiger partial charge is 0.390 e. The number of aliphatic hydroxyl groups is 2. The van der Waals surface area contributed by atoms with E-state index >= 15 is 0 Å². The van der Waals surface area contributed by atoms with Crippen molar-refractivity contribution in [2.24, 2.45) is 0 Å². The Hall–Kier alpha value is -3.46. The Bertz CT molecular complexity index is 1380. The second-order valence-electron chi connectivity index (χ2n) is 8.83. The number of nitrogens with one attached hydrogen (secondary N) is 2. The molecule has 0 radical (unpaired) electrons. The van der Waals surface area contributed by atoms with Crippen molar-refractivity contribution in [3.05, 3.63) is 82.4 Å². The monoisotopic (exact) mass is 582 g/mol. The van der Waals surface area contributed by atoms with Gasteiger partial charge in [-0.05, 0) is 29.7 Å². The number of hydrogen-bond donors (Lipinski definition) is 4. The van der Waals surface area contributed by atoms with E-state index in [-0.39, 0.29) is 29.4 Å². The first-order valence-corrected chi connectivity index (χ1v) is 14.4. The highest BCUT2D eigenvalue weighted by Gasteiger charge is 2.31. The summed E-state index contributed by atoms with van der Waals surface area (Å²) < 4.78 is 52.0. The zero-order valence-electron chi connectivity index (χ0n) is 21.0. The summed E-state index contributed by atoms with van der Waals surface area (Å²) in [5, 5.41) is 27.9. The molecule has 0 aliphatic carbocycles. The molecule has 10 nitrogen and oxygen atoms in total. The van der Waals surface area contributed by atoms with Crippen molar-refractivity contribution in [3.63, 3.8) is 0 Å². The predicted molar refractivity (Wildman–Crippen MR) is 142 cm³/mol. The first kappa shape index (κ1) is 30.1. The topological polar surface area (TPSA) is 149 Å². The molecule has 0 aliphatic heterocycles. The average Bonchev–Trinajstić information content (AvgIpc) is 3.36. The van der Waals surface area contributed by atoms with Gasteiger partial charge in [-0.25, -0.2) is 26.5 Å². The van der Waals surface area contributed by atoms with Crippen molar-refractivity contribution >= 4 is 38.3 Å². The summed E-state index contributed by atoms with van der Waals surface area (Å²) in [5.74, 6) is -3.15. The summed E-state index contributed by atoms with van der Waals surface area (Å²) in [7, 11) is -2.37. The van der Waals surface area contributed by atoms with Crippen molar-refractivity contribution in [3.8, 4) is 0 Å². The molecule has 1 aromatic heterocycles. The summed E-state index contributed by atoms with van der Waals surface area (Å²) in [6, 6.07) is 10.4. The van der Waals surface area contributed by atoms with Gasteiger partial charge in [0, 0.05) is 25.0 Å². The maximum atomic E-state index is 13.8. The Labute approximate surface area is 228 Å². The van der Waals surface area contributed by atoms with Gasteiger partial charge in [-0.1, -0.05) is 30.3 Å². The highest BCUT2D eigenvalue weighted by atomic mass is 32.2. The molecule has 3 rings (SSSR count). The highest BCUT2D eigenvalue weighted by Crippen LogP contribution is 2.22. The second-order valence-corrected chi connectivity index (χ2v) is 11.7. The number of benzene rings is 2. The molecule has 0 spiro atoms. The summed E-state index contributed by atoms with van der Waals surface area (Å²) in [6.45, 7) is 0.194. The third kappa shape index (κ3) is 8.78. The van der Waals surface area contributed by atoms with E-state index in [4.69, 9.17) is 0 Å². The summed E-state index contributed by atoms with van der Waals surface area (Å²) >= 11 is 0.885. The fraction of sp³-hybridized carbons (Fsp3) is 0.320. The van der Waals surface area contributed by atoms with Crippen LogP contribution in [0.2, 0.25) is 0 Å². The Morgan fingerprint density at radius 2 is 1.72 bits per heavy atom. The number of rotatable bonds is 12. The van der Waals surface area contributed by atoms with Crippen LogP contribution in [0.1, 0.15) is 28.0 Å². The van der Waals surface area contributed by atoms with Crippen molar-refractivity contribution in [1.82, 2.24) is 15.6 Å². The lowest BCUT2D eigenvalue weighted by Crippen LogP contribution is -2.50. The lowest BCUT2D eigenvalue weighted by Gasteiger charge is -2.27. The van der Waals surface area contributed by atoms with E-state index in [1.165, 1.54) is 12.4 Å². The molecule has 39 heavy (non-hydrogen) atoms. The third-order valence-electron chi connectivity index (χ3n) is 5.72. The van der Waals surface area contributed by atoms with Crippen molar-refractivity contribution in [2.45, 2.75) is 37.6 Å². The predicted octanol–water partition coefficient (Wildman–Crippen LogP) is 1.59. The van der Waals surface area contributed by atoms with E-state index in [2.05, 4.69) is 15.6 Å². The minimum absolute atomic E-state index is 0.0158. The number of halogens is 2. The zero-order chi connectivity index (χ0) is 28.7. The molecule has 3 aromatic rings. The fourth-order valence-corrected chi connectivity index (χ4v) is 5.12. The minimum Gasteiger partial charge on any atom is -0.390 e. The second kappa shape index (κ2) is 13.1. The summed E-state index contributed by atoms with van der Waals surface area (Å²) in [4.78, 5) is 29.3. The SMILES string of the molecule is CN(c1nc(C(=O)NC(Cc2cc(F)cc(F)c2)C(O)C(O)CC(=O)NCc2ccccc2)cs1)S(C)(=O)=O. The summed E-state index contributed by atoms with van der Waals surface area (Å²) in [6.07, 6.45) is -3.22. The van der Waals surface area contributed by atoms with E-state index in [1.54, 1.807) is 24.3 Å². The van der Waals surface area contributed by atoms with E-state index in [0.29, 0.717) is 6.07 Å². The van der Waals surface area contributed by atoms with Gasteiger partial charge in [-0.15, -0.1) is 11.3 Å². The van der Waals surface area contributed by atoms with Crippen LogP contribution in [0.15, 0.2) is 53.9 Å². The molecule has 2 aromatic carbocycles. The molecule has 1 heterocycles. The molecule has 0 fully saturated rings. The maximum Gasteiger partial charge on any atom is 0.271 e. The van der Waals surface area contributed by atoms with Crippen LogP contribution in [0.5, 0.6) is 0 Å².